The van der Waals surface area contributed by atoms with Crippen LogP contribution in [0.3, 0.4) is 0 Å². The summed E-state index contributed by atoms with van der Waals surface area (Å²) in [5.41, 5.74) is 3.12. The van der Waals surface area contributed by atoms with Gasteiger partial charge in [-0.3, -0.25) is 4.79 Å². The van der Waals surface area contributed by atoms with Crippen molar-refractivity contribution >= 4 is 23.4 Å². The molecule has 1 fully saturated rings. The molecule has 1 aliphatic heterocycles. The summed E-state index contributed by atoms with van der Waals surface area (Å²) in [6.07, 6.45) is 0. The van der Waals surface area contributed by atoms with Crippen molar-refractivity contribution in [3.8, 4) is 17.2 Å². The summed E-state index contributed by atoms with van der Waals surface area (Å²) in [6, 6.07) is 12.0. The summed E-state index contributed by atoms with van der Waals surface area (Å²) in [5.74, 6) is 2.45. The minimum absolute atomic E-state index is 0.114. The summed E-state index contributed by atoms with van der Waals surface area (Å²) in [7, 11) is 8.83. The highest BCUT2D eigenvalue weighted by molar-refractivity contribution is 8.00. The number of carbonyl (C=O) groups is 1. The number of ether oxygens (including phenoxy) is 3. The van der Waals surface area contributed by atoms with Crippen molar-refractivity contribution in [1.29, 1.82) is 0 Å². The van der Waals surface area contributed by atoms with Crippen LogP contribution < -0.4 is 19.1 Å². The van der Waals surface area contributed by atoms with Crippen LogP contribution in [0.25, 0.3) is 0 Å². The first-order valence-electron chi connectivity index (χ1n) is 8.95. The van der Waals surface area contributed by atoms with Crippen molar-refractivity contribution in [2.75, 3.05) is 46.1 Å². The molecular formula is C21H26N2O4S. The van der Waals surface area contributed by atoms with E-state index in [1.54, 1.807) is 33.1 Å². The van der Waals surface area contributed by atoms with E-state index in [0.717, 1.165) is 16.8 Å². The van der Waals surface area contributed by atoms with Crippen LogP contribution >= 0.6 is 11.8 Å². The molecule has 0 aliphatic carbocycles. The molecule has 1 heterocycles. The van der Waals surface area contributed by atoms with Gasteiger partial charge in [0.1, 0.15) is 11.1 Å². The van der Waals surface area contributed by atoms with Crippen LogP contribution in [0.1, 0.15) is 16.5 Å². The molecule has 1 amide bonds. The highest BCUT2D eigenvalue weighted by atomic mass is 32.2. The van der Waals surface area contributed by atoms with Crippen molar-refractivity contribution in [1.82, 2.24) is 4.90 Å². The summed E-state index contributed by atoms with van der Waals surface area (Å²) in [4.78, 5) is 16.6. The molecule has 1 unspecified atom stereocenters. The number of hydrogen-bond donors (Lipinski definition) is 0. The number of rotatable bonds is 7. The zero-order valence-electron chi connectivity index (χ0n) is 16.9. The Morgan fingerprint density at radius 2 is 1.61 bits per heavy atom. The predicted molar refractivity (Wildman–Crippen MR) is 113 cm³/mol. The molecule has 0 N–H and O–H groups in total. The van der Waals surface area contributed by atoms with Crippen LogP contribution in [-0.4, -0.2) is 52.0 Å². The maximum Gasteiger partial charge on any atom is 0.234 e. The highest BCUT2D eigenvalue weighted by Gasteiger charge is 2.35. The monoisotopic (exact) mass is 402 g/mol. The number of benzene rings is 2. The molecule has 1 aliphatic rings. The largest absolute Gasteiger partial charge is 0.496 e. The van der Waals surface area contributed by atoms with Gasteiger partial charge in [-0.15, -0.1) is 11.8 Å². The number of hydrogen-bond acceptors (Lipinski definition) is 6. The Kier molecular flexibility index (Phi) is 6.24. The second-order valence-electron chi connectivity index (χ2n) is 6.70. The summed E-state index contributed by atoms with van der Waals surface area (Å²) >= 11 is 1.59. The zero-order chi connectivity index (χ0) is 20.3. The van der Waals surface area contributed by atoms with E-state index < -0.39 is 0 Å². The van der Waals surface area contributed by atoms with Gasteiger partial charge in [-0.25, -0.2) is 0 Å². The maximum atomic E-state index is 12.6. The molecule has 2 aromatic carbocycles. The van der Waals surface area contributed by atoms with Gasteiger partial charge in [0.25, 0.3) is 0 Å². The van der Waals surface area contributed by atoms with E-state index in [4.69, 9.17) is 14.2 Å². The minimum Gasteiger partial charge on any atom is -0.496 e. The standard InChI is InChI=1S/C21H26N2O4S/c1-22(2)15-8-6-14(7-9-15)12-23-20(24)13-28-21(23)16-10-18(26-4)19(27-5)11-17(16)25-3/h6-11,21H,12-13H2,1-5H3. The lowest BCUT2D eigenvalue weighted by atomic mass is 10.1. The Hall–Kier alpha value is -2.54. The average molecular weight is 403 g/mol. The third-order valence-electron chi connectivity index (χ3n) is 4.78. The van der Waals surface area contributed by atoms with E-state index >= 15 is 0 Å². The molecule has 28 heavy (non-hydrogen) atoms. The Balaban J connectivity index is 1.91. The molecule has 6 nitrogen and oxygen atoms in total. The first kappa shape index (κ1) is 20.2. The third-order valence-corrected chi connectivity index (χ3v) is 6.01. The second-order valence-corrected chi connectivity index (χ2v) is 7.76. The number of methoxy groups -OCH3 is 3. The molecule has 3 rings (SSSR count). The zero-order valence-corrected chi connectivity index (χ0v) is 17.7. The van der Waals surface area contributed by atoms with Gasteiger partial charge in [0.2, 0.25) is 5.91 Å². The summed E-state index contributed by atoms with van der Waals surface area (Å²) in [5, 5.41) is -0.143. The fourth-order valence-electron chi connectivity index (χ4n) is 3.22. The van der Waals surface area contributed by atoms with Crippen molar-refractivity contribution in [3.05, 3.63) is 47.5 Å². The molecule has 0 bridgehead atoms. The lowest BCUT2D eigenvalue weighted by molar-refractivity contribution is -0.128. The third kappa shape index (κ3) is 3.99. The predicted octanol–water partition coefficient (Wildman–Crippen LogP) is 3.55. The molecule has 7 heteroatoms. The van der Waals surface area contributed by atoms with Gasteiger partial charge < -0.3 is 24.0 Å². The number of amides is 1. The Morgan fingerprint density at radius 3 is 2.18 bits per heavy atom. The van der Waals surface area contributed by atoms with Crippen molar-refractivity contribution in [2.24, 2.45) is 0 Å². The van der Waals surface area contributed by atoms with Crippen LogP contribution in [0, 0.1) is 0 Å². The van der Waals surface area contributed by atoms with Gasteiger partial charge in [0.15, 0.2) is 11.5 Å². The van der Waals surface area contributed by atoms with Crippen molar-refractivity contribution in [3.63, 3.8) is 0 Å². The van der Waals surface area contributed by atoms with Crippen LogP contribution in [-0.2, 0) is 11.3 Å². The Morgan fingerprint density at radius 1 is 1.00 bits per heavy atom. The number of nitrogens with zero attached hydrogens (tertiary/aromatic N) is 2. The van der Waals surface area contributed by atoms with Crippen LogP contribution in [0.2, 0.25) is 0 Å². The normalized spacial score (nSPS) is 16.2. The smallest absolute Gasteiger partial charge is 0.234 e. The lowest BCUT2D eigenvalue weighted by Gasteiger charge is -2.26. The van der Waals surface area contributed by atoms with Crippen LogP contribution in [0.4, 0.5) is 5.69 Å². The van der Waals surface area contributed by atoms with Gasteiger partial charge in [-0.05, 0) is 23.8 Å². The van der Waals surface area contributed by atoms with Gasteiger partial charge in [0.05, 0.1) is 27.1 Å². The summed E-state index contributed by atoms with van der Waals surface area (Å²) < 4.78 is 16.4. The van der Waals surface area contributed by atoms with E-state index in [2.05, 4.69) is 29.2 Å². The fourth-order valence-corrected chi connectivity index (χ4v) is 4.43. The number of anilines is 1. The van der Waals surface area contributed by atoms with E-state index in [1.165, 1.54) is 0 Å². The van der Waals surface area contributed by atoms with Crippen LogP contribution in [0.5, 0.6) is 17.2 Å². The van der Waals surface area contributed by atoms with Gasteiger partial charge in [0, 0.05) is 38.0 Å². The molecular weight excluding hydrogens is 376 g/mol. The quantitative estimate of drug-likeness (QED) is 0.706. The first-order valence-corrected chi connectivity index (χ1v) is 10.0. The molecule has 150 valence electrons. The first-order chi connectivity index (χ1) is 13.5. The van der Waals surface area contributed by atoms with E-state index in [1.807, 2.05) is 31.1 Å². The van der Waals surface area contributed by atoms with Gasteiger partial charge in [-0.1, -0.05) is 12.1 Å². The topological polar surface area (TPSA) is 51.2 Å². The molecule has 0 aromatic heterocycles. The van der Waals surface area contributed by atoms with Gasteiger partial charge >= 0.3 is 0 Å². The van der Waals surface area contributed by atoms with E-state index in [-0.39, 0.29) is 11.3 Å². The molecule has 1 atom stereocenters. The molecule has 2 aromatic rings. The maximum absolute atomic E-state index is 12.6. The van der Waals surface area contributed by atoms with Crippen LogP contribution in [0.15, 0.2) is 36.4 Å². The molecule has 0 saturated carbocycles. The summed E-state index contributed by atoms with van der Waals surface area (Å²) in [6.45, 7) is 0.543. The Labute approximate surface area is 170 Å². The molecule has 0 radical (unpaired) electrons. The molecule has 1 saturated heterocycles. The fraction of sp³-hybridized carbons (Fsp3) is 0.381. The van der Waals surface area contributed by atoms with Gasteiger partial charge in [-0.2, -0.15) is 0 Å². The van der Waals surface area contributed by atoms with E-state index in [9.17, 15) is 4.79 Å². The SMILES string of the molecule is COc1cc(OC)c(C2SCC(=O)N2Cc2ccc(N(C)C)cc2)cc1OC. The average Bonchev–Trinajstić information content (AvgIpc) is 3.07. The number of carbonyl (C=O) groups excluding carboxylic acids is 1. The molecule has 0 spiro atoms. The lowest BCUT2D eigenvalue weighted by Crippen LogP contribution is -2.28. The Bertz CT molecular complexity index is 839. The van der Waals surface area contributed by atoms with E-state index in [0.29, 0.717) is 29.5 Å². The van der Waals surface area contributed by atoms with Crippen molar-refractivity contribution in [2.45, 2.75) is 11.9 Å². The second kappa shape index (κ2) is 8.65. The minimum atomic E-state index is -0.143. The van der Waals surface area contributed by atoms with Crippen molar-refractivity contribution < 1.29 is 19.0 Å². The number of thioether (sulfide) groups is 1. The highest BCUT2D eigenvalue weighted by Crippen LogP contribution is 2.46.